The van der Waals surface area contributed by atoms with Crippen molar-refractivity contribution in [3.63, 3.8) is 0 Å². The highest BCUT2D eigenvalue weighted by Gasteiger charge is 2.37. The molecule has 1 saturated carbocycles. The normalized spacial score (nSPS) is 26.1. The van der Waals surface area contributed by atoms with Gasteiger partial charge in [-0.15, -0.1) is 0 Å². The van der Waals surface area contributed by atoms with Gasteiger partial charge in [-0.05, 0) is 12.8 Å². The molecule has 80 valence electrons. The second-order valence-electron chi connectivity index (χ2n) is 3.50. The number of hydrogen-bond acceptors (Lipinski definition) is 3. The molecule has 0 heterocycles. The van der Waals surface area contributed by atoms with E-state index in [0.29, 0.717) is 25.1 Å². The van der Waals surface area contributed by atoms with Gasteiger partial charge in [0.2, 0.25) is 5.91 Å². The van der Waals surface area contributed by atoms with Gasteiger partial charge in [0.25, 0.3) is 0 Å². The minimum atomic E-state index is -0.853. The van der Waals surface area contributed by atoms with Crippen LogP contribution in [-0.2, 0) is 9.59 Å². The standard InChI is InChI=1S/C9H15NO3S/c11-8(10-4-5-14)6-2-1-3-7(6)9(12)13/h6-7,14H,1-5H2,(H,10,11)(H,12,13)/t6-,7+/m0/s1. The van der Waals surface area contributed by atoms with Crippen LogP contribution in [0.3, 0.4) is 0 Å². The molecule has 0 radical (unpaired) electrons. The predicted octanol–water partition coefficient (Wildman–Crippen LogP) is 0.533. The molecule has 5 heteroatoms. The molecule has 2 N–H and O–H groups in total. The van der Waals surface area contributed by atoms with Crippen LogP contribution in [0.4, 0.5) is 0 Å². The molecule has 0 aromatic rings. The third-order valence-corrected chi connectivity index (χ3v) is 2.80. The molecule has 0 aromatic carbocycles. The quantitative estimate of drug-likeness (QED) is 0.602. The Bertz CT molecular complexity index is 232. The fourth-order valence-corrected chi connectivity index (χ4v) is 1.99. The summed E-state index contributed by atoms with van der Waals surface area (Å²) in [5.74, 6) is -1.24. The van der Waals surface area contributed by atoms with Gasteiger partial charge in [-0.1, -0.05) is 6.42 Å². The van der Waals surface area contributed by atoms with E-state index in [9.17, 15) is 9.59 Å². The van der Waals surface area contributed by atoms with Gasteiger partial charge < -0.3 is 10.4 Å². The molecular weight excluding hydrogens is 202 g/mol. The number of thiol groups is 1. The van der Waals surface area contributed by atoms with Gasteiger partial charge in [-0.25, -0.2) is 0 Å². The molecule has 1 fully saturated rings. The van der Waals surface area contributed by atoms with Crippen LogP contribution in [0.5, 0.6) is 0 Å². The van der Waals surface area contributed by atoms with Crippen molar-refractivity contribution in [1.29, 1.82) is 0 Å². The lowest BCUT2D eigenvalue weighted by atomic mass is 9.95. The van der Waals surface area contributed by atoms with Gasteiger partial charge in [-0.3, -0.25) is 9.59 Å². The lowest BCUT2D eigenvalue weighted by molar-refractivity contribution is -0.146. The zero-order valence-electron chi connectivity index (χ0n) is 7.90. The van der Waals surface area contributed by atoms with Crippen LogP contribution in [0.25, 0.3) is 0 Å². The van der Waals surface area contributed by atoms with E-state index >= 15 is 0 Å². The maximum absolute atomic E-state index is 11.5. The molecule has 1 aliphatic carbocycles. The van der Waals surface area contributed by atoms with Crippen molar-refractivity contribution in [2.24, 2.45) is 11.8 Å². The third kappa shape index (κ3) is 2.64. The highest BCUT2D eigenvalue weighted by molar-refractivity contribution is 7.80. The van der Waals surface area contributed by atoms with Crippen molar-refractivity contribution in [3.8, 4) is 0 Å². The van der Waals surface area contributed by atoms with Crippen LogP contribution in [0.1, 0.15) is 19.3 Å². The van der Waals surface area contributed by atoms with Crippen molar-refractivity contribution in [2.75, 3.05) is 12.3 Å². The van der Waals surface area contributed by atoms with Crippen molar-refractivity contribution < 1.29 is 14.7 Å². The Labute approximate surface area is 88.5 Å². The molecule has 1 aliphatic rings. The molecule has 0 unspecified atom stereocenters. The van der Waals surface area contributed by atoms with Crippen LogP contribution in [0, 0.1) is 11.8 Å². The van der Waals surface area contributed by atoms with Crippen LogP contribution in [0.2, 0.25) is 0 Å². The Morgan fingerprint density at radius 2 is 2.00 bits per heavy atom. The molecule has 4 nitrogen and oxygen atoms in total. The molecule has 1 rings (SSSR count). The van der Waals surface area contributed by atoms with Gasteiger partial charge in [0, 0.05) is 12.3 Å². The Kier molecular flexibility index (Phi) is 4.25. The maximum atomic E-state index is 11.5. The molecule has 0 saturated heterocycles. The number of rotatable bonds is 4. The van der Waals surface area contributed by atoms with Gasteiger partial charge in [-0.2, -0.15) is 12.6 Å². The summed E-state index contributed by atoms with van der Waals surface area (Å²) in [7, 11) is 0. The summed E-state index contributed by atoms with van der Waals surface area (Å²) in [4.78, 5) is 22.3. The average molecular weight is 217 g/mol. The van der Waals surface area contributed by atoms with E-state index in [4.69, 9.17) is 5.11 Å². The first-order valence-electron chi connectivity index (χ1n) is 4.78. The molecule has 0 bridgehead atoms. The van der Waals surface area contributed by atoms with E-state index in [2.05, 4.69) is 17.9 Å². The molecule has 2 atom stereocenters. The van der Waals surface area contributed by atoms with Crippen molar-refractivity contribution in [1.82, 2.24) is 5.32 Å². The molecule has 0 aromatic heterocycles. The largest absolute Gasteiger partial charge is 0.481 e. The Morgan fingerprint density at radius 1 is 1.36 bits per heavy atom. The Balaban J connectivity index is 2.49. The summed E-state index contributed by atoms with van der Waals surface area (Å²) >= 11 is 3.97. The molecule has 1 amide bonds. The van der Waals surface area contributed by atoms with Crippen LogP contribution in [-0.4, -0.2) is 29.3 Å². The number of amides is 1. The van der Waals surface area contributed by atoms with Crippen LogP contribution in [0.15, 0.2) is 0 Å². The van der Waals surface area contributed by atoms with Crippen molar-refractivity contribution in [3.05, 3.63) is 0 Å². The zero-order chi connectivity index (χ0) is 10.6. The highest BCUT2D eigenvalue weighted by Crippen LogP contribution is 2.31. The zero-order valence-corrected chi connectivity index (χ0v) is 8.80. The number of hydrogen-bond donors (Lipinski definition) is 3. The number of carboxylic acid groups (broad SMARTS) is 1. The lowest BCUT2D eigenvalue weighted by Gasteiger charge is -2.14. The van der Waals surface area contributed by atoms with Crippen molar-refractivity contribution >= 4 is 24.5 Å². The summed E-state index contributed by atoms with van der Waals surface area (Å²) in [6.07, 6.45) is 2.14. The summed E-state index contributed by atoms with van der Waals surface area (Å²) in [5.41, 5.74) is 0. The summed E-state index contributed by atoms with van der Waals surface area (Å²) in [6.45, 7) is 0.505. The minimum Gasteiger partial charge on any atom is -0.481 e. The first-order valence-corrected chi connectivity index (χ1v) is 5.41. The lowest BCUT2D eigenvalue weighted by Crippen LogP contribution is -2.36. The maximum Gasteiger partial charge on any atom is 0.307 e. The van der Waals surface area contributed by atoms with Crippen LogP contribution < -0.4 is 5.32 Å². The number of carbonyl (C=O) groups excluding carboxylic acids is 1. The summed E-state index contributed by atoms with van der Waals surface area (Å²) < 4.78 is 0. The van der Waals surface area contributed by atoms with E-state index < -0.39 is 11.9 Å². The Morgan fingerprint density at radius 3 is 2.57 bits per heavy atom. The Hall–Kier alpha value is -0.710. The highest BCUT2D eigenvalue weighted by atomic mass is 32.1. The van der Waals surface area contributed by atoms with Gasteiger partial charge in [0.05, 0.1) is 11.8 Å². The second kappa shape index (κ2) is 5.24. The summed E-state index contributed by atoms with van der Waals surface area (Å²) in [5, 5.41) is 11.5. The number of carboxylic acids is 1. The molecule has 14 heavy (non-hydrogen) atoms. The van der Waals surface area contributed by atoms with E-state index in [1.165, 1.54) is 0 Å². The number of carbonyl (C=O) groups is 2. The molecule has 0 spiro atoms. The number of aliphatic carboxylic acids is 1. The van der Waals surface area contributed by atoms with Gasteiger partial charge in [0.15, 0.2) is 0 Å². The van der Waals surface area contributed by atoms with Crippen molar-refractivity contribution in [2.45, 2.75) is 19.3 Å². The third-order valence-electron chi connectivity index (χ3n) is 2.58. The molecule has 0 aliphatic heterocycles. The fraction of sp³-hybridized carbons (Fsp3) is 0.778. The van der Waals surface area contributed by atoms with E-state index in [-0.39, 0.29) is 11.8 Å². The summed E-state index contributed by atoms with van der Waals surface area (Å²) in [6, 6.07) is 0. The molecular formula is C9H15NO3S. The van der Waals surface area contributed by atoms with E-state index in [1.54, 1.807) is 0 Å². The average Bonchev–Trinajstić information content (AvgIpc) is 2.62. The first-order chi connectivity index (χ1) is 6.66. The van der Waals surface area contributed by atoms with Gasteiger partial charge >= 0.3 is 5.97 Å². The smallest absolute Gasteiger partial charge is 0.307 e. The van der Waals surface area contributed by atoms with Crippen LogP contribution >= 0.6 is 12.6 Å². The second-order valence-corrected chi connectivity index (χ2v) is 3.94. The van der Waals surface area contributed by atoms with E-state index in [1.807, 2.05) is 0 Å². The monoisotopic (exact) mass is 217 g/mol. The van der Waals surface area contributed by atoms with Gasteiger partial charge in [0.1, 0.15) is 0 Å². The first kappa shape index (κ1) is 11.4. The SMILES string of the molecule is O=C(NCCS)[C@H]1CCC[C@H]1C(=O)O. The topological polar surface area (TPSA) is 66.4 Å². The predicted molar refractivity (Wildman–Crippen MR) is 55.3 cm³/mol. The van der Waals surface area contributed by atoms with E-state index in [0.717, 1.165) is 6.42 Å². The minimum absolute atomic E-state index is 0.135. The number of nitrogens with one attached hydrogen (secondary N) is 1. The fourth-order valence-electron chi connectivity index (χ4n) is 1.88.